The van der Waals surface area contributed by atoms with Gasteiger partial charge in [-0.25, -0.2) is 14.5 Å². The van der Waals surface area contributed by atoms with Crippen molar-refractivity contribution in [2.24, 2.45) is 0 Å². The molecule has 0 unspecified atom stereocenters. The smallest absolute Gasteiger partial charge is 0.331 e. The van der Waals surface area contributed by atoms with Crippen LogP contribution in [0.15, 0.2) is 12.2 Å². The molecular weight excluding hydrogens is 192 g/mol. The molecule has 0 fully saturated rings. The Labute approximate surface area is 80.7 Å². The van der Waals surface area contributed by atoms with Crippen molar-refractivity contribution >= 4 is 11.9 Å². The summed E-state index contributed by atoms with van der Waals surface area (Å²) < 4.78 is 4.57. The molecule has 0 bridgehead atoms. The molecule has 0 radical (unpaired) electrons. The number of carboxylic acids is 1. The fourth-order valence-corrected chi connectivity index (χ4v) is 0.459. The monoisotopic (exact) mass is 204 g/mol. The largest absolute Gasteiger partial charge is 0.478 e. The Kier molecular flexibility index (Phi) is 4.82. The van der Waals surface area contributed by atoms with Crippen molar-refractivity contribution in [1.82, 2.24) is 0 Å². The topological polar surface area (TPSA) is 93.1 Å². The number of carbonyl (C=O) groups is 2. The van der Waals surface area contributed by atoms with Crippen LogP contribution >= 0.6 is 0 Å². The van der Waals surface area contributed by atoms with E-state index in [0.717, 1.165) is 6.08 Å². The van der Waals surface area contributed by atoms with Gasteiger partial charge in [-0.15, -0.1) is 0 Å². The summed E-state index contributed by atoms with van der Waals surface area (Å²) in [6, 6.07) is 0. The minimum Gasteiger partial charge on any atom is -0.478 e. The lowest BCUT2D eigenvalue weighted by Crippen LogP contribution is -2.30. The number of rotatable bonds is 5. The van der Waals surface area contributed by atoms with Gasteiger partial charge in [0, 0.05) is 12.2 Å². The van der Waals surface area contributed by atoms with Gasteiger partial charge in [-0.3, -0.25) is 5.26 Å². The minimum absolute atomic E-state index is 0.174. The Morgan fingerprint density at radius 1 is 1.36 bits per heavy atom. The first kappa shape index (κ1) is 12.6. The highest BCUT2D eigenvalue weighted by Gasteiger charge is 2.20. The summed E-state index contributed by atoms with van der Waals surface area (Å²) in [6.07, 6.45) is 1.44. The van der Waals surface area contributed by atoms with Crippen molar-refractivity contribution < 1.29 is 29.6 Å². The molecule has 0 heterocycles. The molecule has 0 saturated heterocycles. The Morgan fingerprint density at radius 3 is 2.36 bits per heavy atom. The summed E-state index contributed by atoms with van der Waals surface area (Å²) in [5.74, 6) is -2.04. The summed E-state index contributed by atoms with van der Waals surface area (Å²) in [4.78, 5) is 24.8. The van der Waals surface area contributed by atoms with E-state index in [0.29, 0.717) is 6.08 Å². The number of hydrogen-bond acceptors (Lipinski definition) is 5. The molecule has 0 aromatic heterocycles. The lowest BCUT2D eigenvalue weighted by molar-refractivity contribution is -0.319. The van der Waals surface area contributed by atoms with Crippen LogP contribution in [0.2, 0.25) is 0 Å². The van der Waals surface area contributed by atoms with E-state index in [1.807, 2.05) is 0 Å². The molecule has 0 aliphatic rings. The highest BCUT2D eigenvalue weighted by molar-refractivity contribution is 5.90. The van der Waals surface area contributed by atoms with E-state index in [-0.39, 0.29) is 6.61 Å². The summed E-state index contributed by atoms with van der Waals surface area (Å²) in [5, 5.41) is 16.5. The third-order valence-corrected chi connectivity index (χ3v) is 1.17. The van der Waals surface area contributed by atoms with E-state index in [1.165, 1.54) is 13.8 Å². The van der Waals surface area contributed by atoms with Crippen molar-refractivity contribution in [3.05, 3.63) is 12.2 Å². The first-order chi connectivity index (χ1) is 6.37. The fourth-order valence-electron chi connectivity index (χ4n) is 0.459. The molecule has 0 aliphatic heterocycles. The van der Waals surface area contributed by atoms with Crippen molar-refractivity contribution in [1.29, 1.82) is 0 Å². The molecule has 6 nitrogen and oxygen atoms in total. The van der Waals surface area contributed by atoms with Gasteiger partial charge in [0.1, 0.15) is 12.2 Å². The maximum Gasteiger partial charge on any atom is 0.331 e. The second-order valence-electron chi connectivity index (χ2n) is 3.13. The first-order valence-electron chi connectivity index (χ1n) is 3.78. The van der Waals surface area contributed by atoms with Crippen molar-refractivity contribution in [2.75, 3.05) is 6.61 Å². The molecule has 0 aromatic rings. The predicted molar refractivity (Wildman–Crippen MR) is 45.5 cm³/mol. The number of esters is 1. The quantitative estimate of drug-likeness (QED) is 0.292. The van der Waals surface area contributed by atoms with Gasteiger partial charge in [0.05, 0.1) is 0 Å². The van der Waals surface area contributed by atoms with Crippen LogP contribution in [0.5, 0.6) is 0 Å². The SMILES string of the molecule is CC(C)(COC(=O)/C=C\C(=O)O)OO. The standard InChI is InChI=1S/C8H12O6/c1-8(2,14-12)5-13-7(11)4-3-6(9)10/h3-4,12H,5H2,1-2H3,(H,9,10)/b4-3-. The van der Waals surface area contributed by atoms with E-state index < -0.39 is 17.5 Å². The first-order valence-corrected chi connectivity index (χ1v) is 3.78. The number of carbonyl (C=O) groups excluding carboxylic acids is 1. The number of aliphatic carboxylic acids is 1. The van der Waals surface area contributed by atoms with Crippen molar-refractivity contribution in [2.45, 2.75) is 19.4 Å². The average Bonchev–Trinajstić information content (AvgIpc) is 2.11. The molecule has 14 heavy (non-hydrogen) atoms. The molecule has 6 heteroatoms. The van der Waals surface area contributed by atoms with Gasteiger partial charge in [0.15, 0.2) is 0 Å². The highest BCUT2D eigenvalue weighted by atomic mass is 17.1. The average molecular weight is 204 g/mol. The van der Waals surface area contributed by atoms with Crippen molar-refractivity contribution in [3.63, 3.8) is 0 Å². The molecule has 2 N–H and O–H groups in total. The molecule has 80 valence electrons. The van der Waals surface area contributed by atoms with E-state index in [1.54, 1.807) is 0 Å². The second kappa shape index (κ2) is 5.36. The number of hydrogen-bond donors (Lipinski definition) is 2. The van der Waals surface area contributed by atoms with Crippen LogP contribution in [-0.2, 0) is 19.2 Å². The molecule has 0 saturated carbocycles. The second-order valence-corrected chi connectivity index (χ2v) is 3.13. The van der Waals surface area contributed by atoms with Crippen LogP contribution in [0.3, 0.4) is 0 Å². The van der Waals surface area contributed by atoms with E-state index >= 15 is 0 Å². The summed E-state index contributed by atoms with van der Waals surface area (Å²) in [7, 11) is 0. The zero-order valence-electron chi connectivity index (χ0n) is 7.89. The summed E-state index contributed by atoms with van der Waals surface area (Å²) >= 11 is 0. The van der Waals surface area contributed by atoms with Crippen LogP contribution in [0.4, 0.5) is 0 Å². The van der Waals surface area contributed by atoms with E-state index in [4.69, 9.17) is 10.4 Å². The summed E-state index contributed by atoms with van der Waals surface area (Å²) in [6.45, 7) is 2.83. The molecule has 0 aromatic carbocycles. The zero-order valence-corrected chi connectivity index (χ0v) is 7.89. The van der Waals surface area contributed by atoms with Crippen LogP contribution < -0.4 is 0 Å². The van der Waals surface area contributed by atoms with Gasteiger partial charge in [0.2, 0.25) is 0 Å². The van der Waals surface area contributed by atoms with Gasteiger partial charge in [-0.05, 0) is 13.8 Å². The highest BCUT2D eigenvalue weighted by Crippen LogP contribution is 2.07. The molecule has 0 atom stereocenters. The Bertz CT molecular complexity index is 242. The number of carboxylic acid groups (broad SMARTS) is 1. The molecule has 0 spiro atoms. The van der Waals surface area contributed by atoms with Gasteiger partial charge in [-0.1, -0.05) is 0 Å². The van der Waals surface area contributed by atoms with Crippen LogP contribution in [0, 0.1) is 0 Å². The summed E-state index contributed by atoms with van der Waals surface area (Å²) in [5.41, 5.74) is -1.01. The third kappa shape index (κ3) is 6.15. The maximum atomic E-state index is 10.8. The zero-order chi connectivity index (χ0) is 11.2. The normalized spacial score (nSPS) is 11.6. The molecule has 0 rings (SSSR count). The minimum atomic E-state index is -1.24. The lowest BCUT2D eigenvalue weighted by atomic mass is 10.2. The predicted octanol–water partition coefficient (Wildman–Crippen LogP) is 0.439. The Morgan fingerprint density at radius 2 is 1.93 bits per heavy atom. The fraction of sp³-hybridized carbons (Fsp3) is 0.500. The Hall–Kier alpha value is -1.40. The van der Waals surface area contributed by atoms with E-state index in [2.05, 4.69) is 9.62 Å². The van der Waals surface area contributed by atoms with Gasteiger partial charge >= 0.3 is 11.9 Å². The van der Waals surface area contributed by atoms with Crippen molar-refractivity contribution in [3.8, 4) is 0 Å². The van der Waals surface area contributed by atoms with E-state index in [9.17, 15) is 9.59 Å². The van der Waals surface area contributed by atoms with Gasteiger partial charge < -0.3 is 9.84 Å². The van der Waals surface area contributed by atoms with Crippen LogP contribution in [-0.4, -0.2) is 34.5 Å². The number of ether oxygens (including phenoxy) is 1. The molecule has 0 aliphatic carbocycles. The molecule has 0 amide bonds. The van der Waals surface area contributed by atoms with Gasteiger partial charge in [0.25, 0.3) is 0 Å². The van der Waals surface area contributed by atoms with Gasteiger partial charge in [-0.2, -0.15) is 0 Å². The third-order valence-electron chi connectivity index (χ3n) is 1.17. The maximum absolute atomic E-state index is 10.8. The Balaban J connectivity index is 3.92. The van der Waals surface area contributed by atoms with Crippen LogP contribution in [0.1, 0.15) is 13.8 Å². The molecular formula is C8H12O6. The lowest BCUT2D eigenvalue weighted by Gasteiger charge is -2.18. The van der Waals surface area contributed by atoms with Crippen LogP contribution in [0.25, 0.3) is 0 Å².